The van der Waals surface area contributed by atoms with Crippen LogP contribution in [0.5, 0.6) is 0 Å². The molecule has 1 aliphatic carbocycles. The molecule has 2 nitrogen and oxygen atoms in total. The first-order valence-corrected chi connectivity index (χ1v) is 6.68. The number of carbonyl (C=O) groups is 1. The first-order chi connectivity index (χ1) is 7.65. The third kappa shape index (κ3) is 2.64. The summed E-state index contributed by atoms with van der Waals surface area (Å²) >= 11 is 3.50. The number of benzene rings is 1. The maximum absolute atomic E-state index is 11.8. The SMILES string of the molecule is Cc1ccc(C(=O)NCC2(CBr)CC2)cc1. The average Bonchev–Trinajstić information content (AvgIpc) is 3.08. The molecule has 0 atom stereocenters. The number of amides is 1. The largest absolute Gasteiger partial charge is 0.351 e. The Morgan fingerprint density at radius 1 is 1.38 bits per heavy atom. The van der Waals surface area contributed by atoms with Crippen LogP contribution in [0, 0.1) is 12.3 Å². The Morgan fingerprint density at radius 2 is 2.00 bits per heavy atom. The molecule has 3 heteroatoms. The van der Waals surface area contributed by atoms with Crippen LogP contribution >= 0.6 is 15.9 Å². The molecule has 16 heavy (non-hydrogen) atoms. The van der Waals surface area contributed by atoms with Crippen molar-refractivity contribution in [2.24, 2.45) is 5.41 Å². The van der Waals surface area contributed by atoms with Gasteiger partial charge in [-0.3, -0.25) is 4.79 Å². The Morgan fingerprint density at radius 3 is 2.50 bits per heavy atom. The summed E-state index contributed by atoms with van der Waals surface area (Å²) in [6.45, 7) is 2.80. The summed E-state index contributed by atoms with van der Waals surface area (Å²) in [4.78, 5) is 11.8. The van der Waals surface area contributed by atoms with Crippen LogP contribution in [0.2, 0.25) is 0 Å². The van der Waals surface area contributed by atoms with Crippen molar-refractivity contribution >= 4 is 21.8 Å². The molecule has 0 aromatic heterocycles. The molecule has 1 N–H and O–H groups in total. The van der Waals surface area contributed by atoms with Gasteiger partial charge in [0.1, 0.15) is 0 Å². The fourth-order valence-electron chi connectivity index (χ4n) is 1.61. The summed E-state index contributed by atoms with van der Waals surface area (Å²) in [5, 5.41) is 3.98. The van der Waals surface area contributed by atoms with Crippen molar-refractivity contribution in [3.63, 3.8) is 0 Å². The van der Waals surface area contributed by atoms with Crippen molar-refractivity contribution in [2.45, 2.75) is 19.8 Å². The van der Waals surface area contributed by atoms with E-state index in [0.29, 0.717) is 5.41 Å². The Hall–Kier alpha value is -0.830. The minimum atomic E-state index is 0.0345. The average molecular weight is 282 g/mol. The number of alkyl halides is 1. The number of nitrogens with one attached hydrogen (secondary N) is 1. The normalized spacial score (nSPS) is 16.9. The van der Waals surface area contributed by atoms with E-state index in [4.69, 9.17) is 0 Å². The summed E-state index contributed by atoms with van der Waals surface area (Å²) in [6, 6.07) is 7.68. The van der Waals surface area contributed by atoms with Gasteiger partial charge in [-0.05, 0) is 37.3 Å². The van der Waals surface area contributed by atoms with Gasteiger partial charge in [0.05, 0.1) is 0 Å². The quantitative estimate of drug-likeness (QED) is 0.845. The lowest BCUT2D eigenvalue weighted by Crippen LogP contribution is -2.30. The van der Waals surface area contributed by atoms with Crippen molar-refractivity contribution in [2.75, 3.05) is 11.9 Å². The summed E-state index contributed by atoms with van der Waals surface area (Å²) < 4.78 is 0. The first kappa shape index (κ1) is 11.6. The highest BCUT2D eigenvalue weighted by Crippen LogP contribution is 2.46. The zero-order valence-electron chi connectivity index (χ0n) is 9.42. The van der Waals surface area contributed by atoms with Gasteiger partial charge in [0.2, 0.25) is 0 Å². The van der Waals surface area contributed by atoms with Crippen molar-refractivity contribution in [1.82, 2.24) is 5.32 Å². The number of hydrogen-bond donors (Lipinski definition) is 1. The standard InChI is InChI=1S/C13H16BrNO/c1-10-2-4-11(5-3-10)12(16)15-9-13(8-14)6-7-13/h2-5H,6-9H2,1H3,(H,15,16). The molecular formula is C13H16BrNO. The van der Waals surface area contributed by atoms with Crippen molar-refractivity contribution < 1.29 is 4.79 Å². The molecule has 1 saturated carbocycles. The first-order valence-electron chi connectivity index (χ1n) is 5.56. The third-order valence-electron chi connectivity index (χ3n) is 3.18. The van der Waals surface area contributed by atoms with Gasteiger partial charge in [-0.1, -0.05) is 33.6 Å². The van der Waals surface area contributed by atoms with Gasteiger partial charge in [-0.15, -0.1) is 0 Å². The summed E-state index contributed by atoms with van der Waals surface area (Å²) in [5.74, 6) is 0.0345. The van der Waals surface area contributed by atoms with Gasteiger partial charge < -0.3 is 5.32 Å². The predicted octanol–water partition coefficient (Wildman–Crippen LogP) is 2.90. The van der Waals surface area contributed by atoms with E-state index in [1.54, 1.807) is 0 Å². The van der Waals surface area contributed by atoms with Gasteiger partial charge >= 0.3 is 0 Å². The molecule has 0 spiro atoms. The van der Waals surface area contributed by atoms with E-state index in [0.717, 1.165) is 17.4 Å². The molecule has 0 heterocycles. The van der Waals surface area contributed by atoms with Crippen LogP contribution in [-0.2, 0) is 0 Å². The van der Waals surface area contributed by atoms with Gasteiger partial charge in [-0.25, -0.2) is 0 Å². The Bertz CT molecular complexity index is 381. The second kappa shape index (κ2) is 4.58. The van der Waals surface area contributed by atoms with E-state index in [2.05, 4.69) is 21.2 Å². The van der Waals surface area contributed by atoms with Gasteiger partial charge in [0.15, 0.2) is 0 Å². The maximum Gasteiger partial charge on any atom is 0.251 e. The van der Waals surface area contributed by atoms with E-state index in [9.17, 15) is 4.79 Å². The summed E-state index contributed by atoms with van der Waals surface area (Å²) in [5.41, 5.74) is 2.26. The van der Waals surface area contributed by atoms with E-state index in [-0.39, 0.29) is 5.91 Å². The zero-order chi connectivity index (χ0) is 11.6. The molecule has 0 radical (unpaired) electrons. The number of rotatable bonds is 4. The second-order valence-corrected chi connectivity index (χ2v) is 5.24. The molecule has 0 saturated heterocycles. The number of carbonyl (C=O) groups excluding carboxylic acids is 1. The molecule has 1 amide bonds. The lowest BCUT2D eigenvalue weighted by molar-refractivity contribution is 0.0946. The predicted molar refractivity (Wildman–Crippen MR) is 69.0 cm³/mol. The molecule has 0 unspecified atom stereocenters. The third-order valence-corrected chi connectivity index (χ3v) is 4.37. The van der Waals surface area contributed by atoms with Gasteiger partial charge in [0.25, 0.3) is 5.91 Å². The smallest absolute Gasteiger partial charge is 0.251 e. The Labute approximate surface area is 105 Å². The highest BCUT2D eigenvalue weighted by atomic mass is 79.9. The Kier molecular flexibility index (Phi) is 3.33. The molecule has 0 aliphatic heterocycles. The zero-order valence-corrected chi connectivity index (χ0v) is 11.0. The lowest BCUT2D eigenvalue weighted by Gasteiger charge is -2.12. The Balaban J connectivity index is 1.91. The van der Waals surface area contributed by atoms with Gasteiger partial charge in [-0.2, -0.15) is 0 Å². The molecule has 1 aliphatic rings. The minimum Gasteiger partial charge on any atom is -0.351 e. The van der Waals surface area contributed by atoms with Crippen LogP contribution in [0.15, 0.2) is 24.3 Å². The van der Waals surface area contributed by atoms with E-state index in [1.807, 2.05) is 31.2 Å². The number of halogens is 1. The maximum atomic E-state index is 11.8. The van der Waals surface area contributed by atoms with E-state index < -0.39 is 0 Å². The molecule has 86 valence electrons. The van der Waals surface area contributed by atoms with Crippen LogP contribution in [0.3, 0.4) is 0 Å². The van der Waals surface area contributed by atoms with Crippen LogP contribution in [0.25, 0.3) is 0 Å². The lowest BCUT2D eigenvalue weighted by atomic mass is 10.1. The fourth-order valence-corrected chi connectivity index (χ4v) is 2.37. The van der Waals surface area contributed by atoms with E-state index in [1.165, 1.54) is 18.4 Å². The van der Waals surface area contributed by atoms with Crippen molar-refractivity contribution in [1.29, 1.82) is 0 Å². The van der Waals surface area contributed by atoms with Gasteiger partial charge in [0, 0.05) is 17.4 Å². The second-order valence-electron chi connectivity index (χ2n) is 4.68. The molecular weight excluding hydrogens is 266 g/mol. The van der Waals surface area contributed by atoms with Crippen LogP contribution in [0.1, 0.15) is 28.8 Å². The van der Waals surface area contributed by atoms with Crippen LogP contribution in [0.4, 0.5) is 0 Å². The summed E-state index contributed by atoms with van der Waals surface area (Å²) in [6.07, 6.45) is 2.43. The highest BCUT2D eigenvalue weighted by molar-refractivity contribution is 9.09. The van der Waals surface area contributed by atoms with Crippen LogP contribution in [-0.4, -0.2) is 17.8 Å². The van der Waals surface area contributed by atoms with Crippen molar-refractivity contribution in [3.8, 4) is 0 Å². The molecule has 1 aromatic carbocycles. The fraction of sp³-hybridized carbons (Fsp3) is 0.462. The minimum absolute atomic E-state index is 0.0345. The molecule has 0 bridgehead atoms. The summed E-state index contributed by atoms with van der Waals surface area (Å²) in [7, 11) is 0. The highest BCUT2D eigenvalue weighted by Gasteiger charge is 2.41. The molecule has 1 aromatic rings. The van der Waals surface area contributed by atoms with Crippen LogP contribution < -0.4 is 5.32 Å². The van der Waals surface area contributed by atoms with E-state index >= 15 is 0 Å². The number of aryl methyl sites for hydroxylation is 1. The molecule has 1 fully saturated rings. The molecule has 2 rings (SSSR count). The van der Waals surface area contributed by atoms with Crippen molar-refractivity contribution in [3.05, 3.63) is 35.4 Å². The number of hydrogen-bond acceptors (Lipinski definition) is 1. The topological polar surface area (TPSA) is 29.1 Å². The monoisotopic (exact) mass is 281 g/mol.